The molecular weight excluding hydrogens is 232 g/mol. The predicted molar refractivity (Wildman–Crippen MR) is 74.2 cm³/mol. The van der Waals surface area contributed by atoms with Crippen LogP contribution in [-0.4, -0.2) is 14.7 Å². The van der Waals surface area contributed by atoms with Gasteiger partial charge in [0.25, 0.3) is 0 Å². The van der Waals surface area contributed by atoms with E-state index in [4.69, 9.17) is 12.2 Å². The highest BCUT2D eigenvalue weighted by atomic mass is 32.1. The van der Waals surface area contributed by atoms with Crippen LogP contribution >= 0.6 is 12.2 Å². The molecule has 0 fully saturated rings. The first kappa shape index (κ1) is 11.6. The number of nitrogens with zero attached hydrogens (tertiary/aromatic N) is 2. The van der Waals surface area contributed by atoms with Gasteiger partial charge < -0.3 is 15.2 Å². The van der Waals surface area contributed by atoms with E-state index in [1.54, 1.807) is 6.20 Å². The lowest BCUT2D eigenvalue weighted by molar-refractivity contribution is 0.867. The van der Waals surface area contributed by atoms with Crippen molar-refractivity contribution in [1.82, 2.24) is 9.55 Å². The van der Waals surface area contributed by atoms with Gasteiger partial charge in [-0.1, -0.05) is 18.2 Å². The average molecular weight is 246 g/mol. The van der Waals surface area contributed by atoms with E-state index in [1.807, 2.05) is 48.9 Å². The Hall–Kier alpha value is -1.88. The third kappa shape index (κ3) is 2.82. The second kappa shape index (κ2) is 4.97. The lowest BCUT2D eigenvalue weighted by Gasteiger charge is -2.10. The smallest absolute Gasteiger partial charge is 0.176 e. The van der Waals surface area contributed by atoms with Crippen molar-refractivity contribution < 1.29 is 0 Å². The van der Waals surface area contributed by atoms with Gasteiger partial charge in [-0.05, 0) is 31.3 Å². The van der Waals surface area contributed by atoms with Crippen LogP contribution in [0.3, 0.4) is 0 Å². The molecule has 1 aromatic heterocycles. The number of hydrogen-bond donors (Lipinski definition) is 2. The highest BCUT2D eigenvalue weighted by Gasteiger charge is 2.04. The minimum Gasteiger partial charge on any atom is -0.332 e. The predicted octanol–water partition coefficient (Wildman–Crippen LogP) is 2.54. The van der Waals surface area contributed by atoms with Gasteiger partial charge in [0, 0.05) is 12.7 Å². The highest BCUT2D eigenvalue weighted by Crippen LogP contribution is 2.10. The molecule has 0 saturated carbocycles. The Morgan fingerprint density at radius 2 is 1.94 bits per heavy atom. The van der Waals surface area contributed by atoms with Crippen molar-refractivity contribution in [1.29, 1.82) is 0 Å². The van der Waals surface area contributed by atoms with E-state index in [1.165, 1.54) is 0 Å². The molecule has 2 rings (SSSR count). The van der Waals surface area contributed by atoms with E-state index in [2.05, 4.69) is 15.6 Å². The minimum atomic E-state index is 0.555. The molecule has 2 aromatic rings. The lowest BCUT2D eigenvalue weighted by Crippen LogP contribution is -2.20. The maximum atomic E-state index is 5.22. The number of imidazole rings is 1. The summed E-state index contributed by atoms with van der Waals surface area (Å²) in [5.74, 6) is 1.81. The molecule has 0 atom stereocenters. The standard InChI is InChI=1S/C12H14N4S/c1-9-13-8-11(16(9)2)15-12(17)14-10-6-4-3-5-7-10/h3-8H,1-2H3,(H2,14,15,17). The Bertz CT molecular complexity index is 519. The van der Waals surface area contributed by atoms with Gasteiger partial charge in [-0.3, -0.25) is 0 Å². The number of aryl methyl sites for hydroxylation is 1. The SMILES string of the molecule is Cc1ncc(NC(=S)Nc2ccccc2)n1C. The largest absolute Gasteiger partial charge is 0.332 e. The number of anilines is 2. The average Bonchev–Trinajstić information content (AvgIpc) is 2.62. The van der Waals surface area contributed by atoms with Crippen LogP contribution in [0, 0.1) is 6.92 Å². The van der Waals surface area contributed by atoms with E-state index in [0.717, 1.165) is 17.3 Å². The quantitative estimate of drug-likeness (QED) is 0.799. The molecule has 0 bridgehead atoms. The first-order valence-electron chi connectivity index (χ1n) is 5.28. The molecule has 88 valence electrons. The fourth-order valence-corrected chi connectivity index (χ4v) is 1.64. The number of para-hydroxylation sites is 1. The first-order valence-corrected chi connectivity index (χ1v) is 5.69. The lowest BCUT2D eigenvalue weighted by atomic mass is 10.3. The second-order valence-corrected chi connectivity index (χ2v) is 4.10. The Morgan fingerprint density at radius 3 is 2.53 bits per heavy atom. The van der Waals surface area contributed by atoms with Crippen molar-refractivity contribution in [2.75, 3.05) is 10.6 Å². The molecule has 0 aliphatic carbocycles. The van der Waals surface area contributed by atoms with Gasteiger partial charge in [-0.15, -0.1) is 0 Å². The van der Waals surface area contributed by atoms with Crippen molar-refractivity contribution >= 4 is 28.8 Å². The van der Waals surface area contributed by atoms with E-state index in [9.17, 15) is 0 Å². The third-order valence-corrected chi connectivity index (χ3v) is 2.70. The zero-order valence-electron chi connectivity index (χ0n) is 9.77. The normalized spacial score (nSPS) is 10.0. The number of rotatable bonds is 2. The Morgan fingerprint density at radius 1 is 1.24 bits per heavy atom. The molecule has 1 heterocycles. The molecule has 0 saturated heterocycles. The molecule has 0 aliphatic heterocycles. The van der Waals surface area contributed by atoms with Gasteiger partial charge >= 0.3 is 0 Å². The van der Waals surface area contributed by atoms with Gasteiger partial charge in [0.2, 0.25) is 0 Å². The first-order chi connectivity index (χ1) is 8.16. The van der Waals surface area contributed by atoms with Crippen LogP contribution in [-0.2, 0) is 7.05 Å². The second-order valence-electron chi connectivity index (χ2n) is 3.69. The summed E-state index contributed by atoms with van der Waals surface area (Å²) < 4.78 is 1.94. The molecule has 2 N–H and O–H groups in total. The van der Waals surface area contributed by atoms with E-state index >= 15 is 0 Å². The molecule has 0 amide bonds. The maximum absolute atomic E-state index is 5.22. The number of aromatic nitrogens is 2. The summed E-state index contributed by atoms with van der Waals surface area (Å²) in [4.78, 5) is 4.19. The topological polar surface area (TPSA) is 41.9 Å². The summed E-state index contributed by atoms with van der Waals surface area (Å²) in [6.07, 6.45) is 1.76. The fraction of sp³-hybridized carbons (Fsp3) is 0.167. The van der Waals surface area contributed by atoms with Gasteiger partial charge in [-0.2, -0.15) is 0 Å². The molecule has 0 aliphatic rings. The zero-order valence-corrected chi connectivity index (χ0v) is 10.6. The molecule has 5 heteroatoms. The summed E-state index contributed by atoms with van der Waals surface area (Å²) in [6.45, 7) is 1.94. The van der Waals surface area contributed by atoms with E-state index < -0.39 is 0 Å². The Labute approximate surface area is 106 Å². The monoisotopic (exact) mass is 246 g/mol. The van der Waals surface area contributed by atoms with Crippen LogP contribution in [0.1, 0.15) is 5.82 Å². The van der Waals surface area contributed by atoms with Crippen LogP contribution in [0.2, 0.25) is 0 Å². The molecule has 0 unspecified atom stereocenters. The summed E-state index contributed by atoms with van der Waals surface area (Å²) in [6, 6.07) is 9.80. The molecule has 1 aromatic carbocycles. The van der Waals surface area contributed by atoms with Gasteiger partial charge in [0.15, 0.2) is 5.11 Å². The van der Waals surface area contributed by atoms with Gasteiger partial charge in [-0.25, -0.2) is 4.98 Å². The summed E-state index contributed by atoms with van der Waals surface area (Å²) in [5.41, 5.74) is 0.962. The van der Waals surface area contributed by atoms with Crippen molar-refractivity contribution in [2.45, 2.75) is 6.92 Å². The number of nitrogens with one attached hydrogen (secondary N) is 2. The van der Waals surface area contributed by atoms with Crippen molar-refractivity contribution in [3.63, 3.8) is 0 Å². The number of thiocarbonyl (C=S) groups is 1. The van der Waals surface area contributed by atoms with Crippen LogP contribution in [0.4, 0.5) is 11.5 Å². The number of hydrogen-bond acceptors (Lipinski definition) is 2. The molecule has 17 heavy (non-hydrogen) atoms. The summed E-state index contributed by atoms with van der Waals surface area (Å²) in [7, 11) is 1.94. The fourth-order valence-electron chi connectivity index (χ4n) is 1.42. The van der Waals surface area contributed by atoms with Crippen molar-refractivity contribution in [2.24, 2.45) is 7.05 Å². The summed E-state index contributed by atoms with van der Waals surface area (Å²) in [5, 5.41) is 6.76. The van der Waals surface area contributed by atoms with E-state index in [-0.39, 0.29) is 0 Å². The van der Waals surface area contributed by atoms with Crippen LogP contribution in [0.5, 0.6) is 0 Å². The highest BCUT2D eigenvalue weighted by molar-refractivity contribution is 7.80. The molecular formula is C12H14N4S. The van der Waals surface area contributed by atoms with Gasteiger partial charge in [0.1, 0.15) is 11.6 Å². The van der Waals surface area contributed by atoms with Crippen LogP contribution in [0.25, 0.3) is 0 Å². The Balaban J connectivity index is 2.01. The third-order valence-electron chi connectivity index (χ3n) is 2.49. The number of benzene rings is 1. The molecule has 0 radical (unpaired) electrons. The van der Waals surface area contributed by atoms with E-state index in [0.29, 0.717) is 5.11 Å². The minimum absolute atomic E-state index is 0.555. The maximum Gasteiger partial charge on any atom is 0.176 e. The van der Waals surface area contributed by atoms with Crippen molar-refractivity contribution in [3.8, 4) is 0 Å². The van der Waals surface area contributed by atoms with Crippen LogP contribution < -0.4 is 10.6 Å². The molecule has 0 spiro atoms. The summed E-state index contributed by atoms with van der Waals surface area (Å²) >= 11 is 5.22. The van der Waals surface area contributed by atoms with Crippen molar-refractivity contribution in [3.05, 3.63) is 42.4 Å². The Kier molecular flexibility index (Phi) is 3.39. The zero-order chi connectivity index (χ0) is 12.3. The van der Waals surface area contributed by atoms with Gasteiger partial charge in [0.05, 0.1) is 6.20 Å². The van der Waals surface area contributed by atoms with Crippen LogP contribution in [0.15, 0.2) is 36.5 Å². The molecule has 4 nitrogen and oxygen atoms in total.